The molecule has 6 nitrogen and oxygen atoms in total. The minimum absolute atomic E-state index is 0.00574. The molecule has 1 aromatic carbocycles. The fourth-order valence-electron chi connectivity index (χ4n) is 2.00. The third kappa shape index (κ3) is 6.02. The Morgan fingerprint density at radius 2 is 2.00 bits per heavy atom. The number of nitrogens with one attached hydrogen (secondary N) is 1. The number of hydrogen-bond acceptors (Lipinski definition) is 5. The number of amides is 1. The number of ether oxygens (including phenoxy) is 1. The van der Waals surface area contributed by atoms with E-state index in [0.29, 0.717) is 44.1 Å². The van der Waals surface area contributed by atoms with E-state index in [-0.39, 0.29) is 11.3 Å². The predicted molar refractivity (Wildman–Crippen MR) is 90.9 cm³/mol. The molecule has 0 fully saturated rings. The SMILES string of the molecule is CC(C)(C)c1nc(CCNC(=O)CCCOc2ccccc2)no1. The van der Waals surface area contributed by atoms with Crippen LogP contribution in [0.15, 0.2) is 34.9 Å². The molecule has 1 aromatic heterocycles. The number of rotatable bonds is 8. The second-order valence-electron chi connectivity index (χ2n) is 6.63. The van der Waals surface area contributed by atoms with Gasteiger partial charge in [-0.3, -0.25) is 4.79 Å². The number of aromatic nitrogens is 2. The lowest BCUT2D eigenvalue weighted by Crippen LogP contribution is -2.26. The molecule has 0 aliphatic heterocycles. The maximum atomic E-state index is 11.8. The standard InChI is InChI=1S/C18H25N3O3/c1-18(2,3)17-20-15(21-24-17)11-12-19-16(22)10-7-13-23-14-8-5-4-6-9-14/h4-6,8-9H,7,10-13H2,1-3H3,(H,19,22). The van der Waals surface area contributed by atoms with E-state index in [9.17, 15) is 4.79 Å². The molecule has 0 bridgehead atoms. The van der Waals surface area contributed by atoms with Gasteiger partial charge in [0.1, 0.15) is 5.75 Å². The normalized spacial score (nSPS) is 11.3. The smallest absolute Gasteiger partial charge is 0.232 e. The molecule has 0 atom stereocenters. The van der Waals surface area contributed by atoms with Crippen molar-refractivity contribution in [3.63, 3.8) is 0 Å². The highest BCUT2D eigenvalue weighted by Crippen LogP contribution is 2.19. The summed E-state index contributed by atoms with van der Waals surface area (Å²) in [5.74, 6) is 2.06. The molecule has 0 spiro atoms. The van der Waals surface area contributed by atoms with Gasteiger partial charge in [0.15, 0.2) is 5.82 Å². The van der Waals surface area contributed by atoms with E-state index in [0.717, 1.165) is 5.75 Å². The number of nitrogens with zero attached hydrogens (tertiary/aromatic N) is 2. The Morgan fingerprint density at radius 1 is 1.25 bits per heavy atom. The van der Waals surface area contributed by atoms with Crippen LogP contribution in [0.3, 0.4) is 0 Å². The van der Waals surface area contributed by atoms with E-state index in [4.69, 9.17) is 9.26 Å². The van der Waals surface area contributed by atoms with E-state index in [2.05, 4.69) is 15.5 Å². The van der Waals surface area contributed by atoms with Gasteiger partial charge in [-0.2, -0.15) is 4.98 Å². The van der Waals surface area contributed by atoms with Gasteiger partial charge in [-0.15, -0.1) is 0 Å². The van der Waals surface area contributed by atoms with Gasteiger partial charge >= 0.3 is 0 Å². The quantitative estimate of drug-likeness (QED) is 0.753. The molecule has 0 aliphatic rings. The van der Waals surface area contributed by atoms with Gasteiger partial charge in [0.25, 0.3) is 0 Å². The molecule has 1 amide bonds. The van der Waals surface area contributed by atoms with Crippen molar-refractivity contribution >= 4 is 5.91 Å². The first-order chi connectivity index (χ1) is 11.4. The number of para-hydroxylation sites is 1. The van der Waals surface area contributed by atoms with Crippen LogP contribution in [-0.4, -0.2) is 29.2 Å². The zero-order chi connectivity index (χ0) is 17.4. The highest BCUT2D eigenvalue weighted by molar-refractivity contribution is 5.75. The third-order valence-corrected chi connectivity index (χ3v) is 3.34. The maximum Gasteiger partial charge on any atom is 0.232 e. The Labute approximate surface area is 142 Å². The van der Waals surface area contributed by atoms with Crippen molar-refractivity contribution in [3.8, 4) is 5.75 Å². The van der Waals surface area contributed by atoms with Gasteiger partial charge in [0.2, 0.25) is 11.8 Å². The predicted octanol–water partition coefficient (Wildman–Crippen LogP) is 2.89. The topological polar surface area (TPSA) is 77.2 Å². The number of carbonyl (C=O) groups is 1. The van der Waals surface area contributed by atoms with E-state index in [1.54, 1.807) is 0 Å². The molecule has 0 radical (unpaired) electrons. The number of carbonyl (C=O) groups excluding carboxylic acids is 1. The Kier molecular flexibility index (Phi) is 6.35. The average molecular weight is 331 g/mol. The van der Waals surface area contributed by atoms with Crippen LogP contribution in [0.4, 0.5) is 0 Å². The minimum atomic E-state index is -0.159. The van der Waals surface area contributed by atoms with Crippen LogP contribution in [0, 0.1) is 0 Å². The number of hydrogen-bond donors (Lipinski definition) is 1. The van der Waals surface area contributed by atoms with E-state index in [1.807, 2.05) is 51.1 Å². The van der Waals surface area contributed by atoms with Crippen LogP contribution in [0.5, 0.6) is 5.75 Å². The summed E-state index contributed by atoms with van der Waals surface area (Å²) in [4.78, 5) is 16.1. The highest BCUT2D eigenvalue weighted by Gasteiger charge is 2.21. The molecule has 2 rings (SSSR count). The molecule has 1 heterocycles. The second kappa shape index (κ2) is 8.47. The van der Waals surface area contributed by atoms with Gasteiger partial charge < -0.3 is 14.6 Å². The molecule has 1 N–H and O–H groups in total. The van der Waals surface area contributed by atoms with Crippen molar-refractivity contribution in [3.05, 3.63) is 42.0 Å². The summed E-state index contributed by atoms with van der Waals surface area (Å²) in [6.07, 6.45) is 1.68. The first-order valence-electron chi connectivity index (χ1n) is 8.23. The van der Waals surface area contributed by atoms with Crippen molar-refractivity contribution in [1.82, 2.24) is 15.5 Å². The Morgan fingerprint density at radius 3 is 2.67 bits per heavy atom. The summed E-state index contributed by atoms with van der Waals surface area (Å²) < 4.78 is 10.8. The second-order valence-corrected chi connectivity index (χ2v) is 6.63. The Hall–Kier alpha value is -2.37. The summed E-state index contributed by atoms with van der Waals surface area (Å²) >= 11 is 0. The maximum absolute atomic E-state index is 11.8. The molecular weight excluding hydrogens is 306 g/mol. The van der Waals surface area contributed by atoms with E-state index >= 15 is 0 Å². The van der Waals surface area contributed by atoms with Gasteiger partial charge in [-0.1, -0.05) is 44.1 Å². The van der Waals surface area contributed by atoms with Crippen LogP contribution in [0.1, 0.15) is 45.3 Å². The fourth-order valence-corrected chi connectivity index (χ4v) is 2.00. The molecule has 0 saturated carbocycles. The van der Waals surface area contributed by atoms with Crippen LogP contribution < -0.4 is 10.1 Å². The van der Waals surface area contributed by atoms with Crippen molar-refractivity contribution in [2.75, 3.05) is 13.2 Å². The zero-order valence-corrected chi connectivity index (χ0v) is 14.5. The molecule has 0 aliphatic carbocycles. The average Bonchev–Trinajstić information content (AvgIpc) is 3.02. The van der Waals surface area contributed by atoms with E-state index < -0.39 is 0 Å². The van der Waals surface area contributed by atoms with Crippen LogP contribution in [-0.2, 0) is 16.6 Å². The van der Waals surface area contributed by atoms with Crippen molar-refractivity contribution in [2.45, 2.75) is 45.4 Å². The third-order valence-electron chi connectivity index (χ3n) is 3.34. The van der Waals surface area contributed by atoms with Crippen LogP contribution in [0.25, 0.3) is 0 Å². The first-order valence-corrected chi connectivity index (χ1v) is 8.23. The fraction of sp³-hybridized carbons (Fsp3) is 0.500. The Bertz CT molecular complexity index is 632. The summed E-state index contributed by atoms with van der Waals surface area (Å²) in [5.41, 5.74) is -0.159. The van der Waals surface area contributed by atoms with Crippen molar-refractivity contribution in [1.29, 1.82) is 0 Å². The molecule has 0 saturated heterocycles. The van der Waals surface area contributed by atoms with Gasteiger partial charge in [0, 0.05) is 24.8 Å². The summed E-state index contributed by atoms with van der Waals surface area (Å²) in [5, 5.41) is 6.79. The van der Waals surface area contributed by atoms with E-state index in [1.165, 1.54) is 0 Å². The summed E-state index contributed by atoms with van der Waals surface area (Å²) in [6.45, 7) is 7.08. The lowest BCUT2D eigenvalue weighted by molar-refractivity contribution is -0.121. The first kappa shape index (κ1) is 18.0. The van der Waals surface area contributed by atoms with Crippen molar-refractivity contribution in [2.24, 2.45) is 0 Å². The lowest BCUT2D eigenvalue weighted by Gasteiger charge is -2.10. The van der Waals surface area contributed by atoms with Crippen molar-refractivity contribution < 1.29 is 14.1 Å². The Balaban J connectivity index is 1.59. The largest absolute Gasteiger partial charge is 0.494 e. The molecule has 130 valence electrons. The highest BCUT2D eigenvalue weighted by atomic mass is 16.5. The molecule has 6 heteroatoms. The summed E-state index contributed by atoms with van der Waals surface area (Å²) in [7, 11) is 0. The summed E-state index contributed by atoms with van der Waals surface area (Å²) in [6, 6.07) is 9.58. The van der Waals surface area contributed by atoms with Crippen LogP contribution >= 0.6 is 0 Å². The number of benzene rings is 1. The molecule has 0 unspecified atom stereocenters. The lowest BCUT2D eigenvalue weighted by atomic mass is 9.97. The van der Waals surface area contributed by atoms with Crippen LogP contribution in [0.2, 0.25) is 0 Å². The zero-order valence-electron chi connectivity index (χ0n) is 14.5. The molecule has 24 heavy (non-hydrogen) atoms. The van der Waals surface area contributed by atoms with Gasteiger partial charge in [-0.05, 0) is 18.6 Å². The van der Waals surface area contributed by atoms with Gasteiger partial charge in [-0.25, -0.2) is 0 Å². The minimum Gasteiger partial charge on any atom is -0.494 e. The molecular formula is C18H25N3O3. The monoisotopic (exact) mass is 331 g/mol. The molecule has 2 aromatic rings. The van der Waals surface area contributed by atoms with Gasteiger partial charge in [0.05, 0.1) is 6.61 Å².